The summed E-state index contributed by atoms with van der Waals surface area (Å²) in [6, 6.07) is 7.39. The molecule has 12 nitrogen and oxygen atoms in total. The molecule has 0 bridgehead atoms. The second-order valence-electron chi connectivity index (χ2n) is 14.1. The number of carbonyl (C=O) groups is 1. The molecule has 6 rings (SSSR count). The highest BCUT2D eigenvalue weighted by Crippen LogP contribution is 2.51. The second kappa shape index (κ2) is 15.3. The van der Waals surface area contributed by atoms with Gasteiger partial charge in [0.05, 0.1) is 27.7 Å². The predicted octanol–water partition coefficient (Wildman–Crippen LogP) is 6.40. The number of halogens is 7. The maximum absolute atomic E-state index is 15.2. The lowest BCUT2D eigenvalue weighted by Gasteiger charge is -2.23. The summed E-state index contributed by atoms with van der Waals surface area (Å²) in [6.07, 6.45) is -4.32. The number of benzene rings is 2. The average molecular weight is 837 g/mol. The monoisotopic (exact) mass is 836 g/mol. The van der Waals surface area contributed by atoms with Gasteiger partial charge < -0.3 is 10.4 Å². The van der Waals surface area contributed by atoms with Crippen molar-refractivity contribution in [1.29, 1.82) is 0 Å². The molecule has 4 N–H and O–H groups in total. The van der Waals surface area contributed by atoms with Crippen molar-refractivity contribution in [2.45, 2.75) is 70.1 Å². The Balaban J connectivity index is 1.54. The van der Waals surface area contributed by atoms with Gasteiger partial charge in [-0.1, -0.05) is 30.5 Å². The molecule has 2 atom stereocenters. The van der Waals surface area contributed by atoms with Gasteiger partial charge in [-0.05, 0) is 68.0 Å². The van der Waals surface area contributed by atoms with Gasteiger partial charge in [-0.25, -0.2) is 27.3 Å². The van der Waals surface area contributed by atoms with Crippen molar-refractivity contribution in [2.75, 3.05) is 11.8 Å². The van der Waals surface area contributed by atoms with Crippen molar-refractivity contribution in [2.24, 2.45) is 7.05 Å². The summed E-state index contributed by atoms with van der Waals surface area (Å²) in [6.45, 7) is 3.28. The van der Waals surface area contributed by atoms with Crippen LogP contribution in [0.4, 0.5) is 32.2 Å². The molecule has 0 spiro atoms. The number of alkyl halides is 4. The molecule has 0 aliphatic heterocycles. The van der Waals surface area contributed by atoms with Crippen molar-refractivity contribution >= 4 is 44.4 Å². The van der Waals surface area contributed by atoms with E-state index in [0.717, 1.165) is 12.1 Å². The quantitative estimate of drug-likeness (QED) is 0.0887. The number of rotatable bonds is 11. The van der Waals surface area contributed by atoms with Gasteiger partial charge in [0.25, 0.3) is 22.6 Å². The first kappa shape index (κ1) is 41.5. The molecule has 302 valence electrons. The molecule has 3 heterocycles. The van der Waals surface area contributed by atoms with Gasteiger partial charge in [-0.2, -0.15) is 27.4 Å². The topological polar surface area (TPSA) is 156 Å². The molecule has 2 unspecified atom stereocenters. The largest absolute Gasteiger partial charge is 0.378 e. The van der Waals surface area contributed by atoms with Crippen LogP contribution < -0.4 is 14.8 Å². The zero-order valence-electron chi connectivity index (χ0n) is 30.9. The SMILES string of the molecule is CNS(=O)(=O)Nc1nn(C)c2c(-c3ccc(C#CC(C)(C)O)nc3C(Cc3cc(F)cc(F)c3)NC(=O)Cn3nc(C(F)F)c4c3C(F)(F)CC4C)ccc(Cl)c12. The normalized spacial score (nSPS) is 15.7. The molecule has 1 amide bonds. The Morgan fingerprint density at radius 3 is 2.39 bits per heavy atom. The third kappa shape index (κ3) is 8.73. The highest BCUT2D eigenvalue weighted by atomic mass is 35.5. The van der Waals surface area contributed by atoms with Crippen LogP contribution in [-0.2, 0) is 40.9 Å². The number of carbonyl (C=O) groups excluding carboxylic acids is 1. The molecule has 0 saturated heterocycles. The van der Waals surface area contributed by atoms with Crippen molar-refractivity contribution in [3.05, 3.63) is 93.0 Å². The number of aromatic nitrogens is 5. The minimum Gasteiger partial charge on any atom is -0.378 e. The predicted molar refractivity (Wildman–Crippen MR) is 199 cm³/mol. The summed E-state index contributed by atoms with van der Waals surface area (Å²) in [5.74, 6) is -2.18. The maximum Gasteiger partial charge on any atom is 0.300 e. The Labute approximate surface area is 327 Å². The van der Waals surface area contributed by atoms with Crippen LogP contribution >= 0.6 is 11.6 Å². The first-order chi connectivity index (χ1) is 26.6. The fourth-order valence-electron chi connectivity index (χ4n) is 6.88. The minimum absolute atomic E-state index is 0.00987. The molecule has 3 aromatic heterocycles. The van der Waals surface area contributed by atoms with E-state index < -0.39 is 82.0 Å². The van der Waals surface area contributed by atoms with Gasteiger partial charge in [0, 0.05) is 43.3 Å². The molecule has 5 aromatic rings. The summed E-state index contributed by atoms with van der Waals surface area (Å²) >= 11 is 6.59. The number of amides is 1. The lowest BCUT2D eigenvalue weighted by atomic mass is 9.93. The van der Waals surface area contributed by atoms with Crippen LogP contribution in [0.15, 0.2) is 42.5 Å². The molecule has 1 aliphatic rings. The molecular formula is C37H35ClF6N8O4S. The van der Waals surface area contributed by atoms with Crippen LogP contribution in [0.1, 0.15) is 79.5 Å². The van der Waals surface area contributed by atoms with E-state index in [0.29, 0.717) is 16.3 Å². The first-order valence-electron chi connectivity index (χ1n) is 17.2. The third-order valence-corrected chi connectivity index (χ3v) is 10.4. The molecular weight excluding hydrogens is 802 g/mol. The first-order valence-corrected chi connectivity index (χ1v) is 19.1. The van der Waals surface area contributed by atoms with E-state index in [1.165, 1.54) is 51.7 Å². The van der Waals surface area contributed by atoms with Gasteiger partial charge >= 0.3 is 0 Å². The fourth-order valence-corrected chi connectivity index (χ4v) is 7.62. The highest BCUT2D eigenvalue weighted by Gasteiger charge is 2.50. The minimum atomic E-state index is -4.08. The van der Waals surface area contributed by atoms with Gasteiger partial charge in [0.2, 0.25) is 5.91 Å². The summed E-state index contributed by atoms with van der Waals surface area (Å²) in [4.78, 5) is 18.6. The average Bonchev–Trinajstić information content (AvgIpc) is 3.72. The number of pyridine rings is 1. The number of hydrogen-bond acceptors (Lipinski definition) is 7. The number of anilines is 1. The number of nitrogens with one attached hydrogen (secondary N) is 3. The molecule has 1 aliphatic carbocycles. The van der Waals surface area contributed by atoms with E-state index >= 15 is 8.78 Å². The lowest BCUT2D eigenvalue weighted by Crippen LogP contribution is -2.35. The molecule has 0 fully saturated rings. The number of hydrogen-bond donors (Lipinski definition) is 4. The van der Waals surface area contributed by atoms with E-state index in [1.807, 2.05) is 0 Å². The Hall–Kier alpha value is -5.16. The van der Waals surface area contributed by atoms with Crippen LogP contribution in [-0.4, -0.2) is 56.6 Å². The number of fused-ring (bicyclic) bond motifs is 2. The van der Waals surface area contributed by atoms with Crippen LogP contribution in [0.2, 0.25) is 5.02 Å². The fraction of sp³-hybridized carbons (Fsp3) is 0.351. The van der Waals surface area contributed by atoms with Crippen LogP contribution in [0.25, 0.3) is 22.0 Å². The Morgan fingerprint density at radius 1 is 1.09 bits per heavy atom. The van der Waals surface area contributed by atoms with Gasteiger partial charge in [0.1, 0.15) is 40.9 Å². The Kier molecular flexibility index (Phi) is 11.1. The molecule has 0 radical (unpaired) electrons. The Bertz CT molecular complexity index is 2560. The Morgan fingerprint density at radius 2 is 1.75 bits per heavy atom. The smallest absolute Gasteiger partial charge is 0.300 e. The second-order valence-corrected chi connectivity index (χ2v) is 16.1. The van der Waals surface area contributed by atoms with Gasteiger partial charge in [-0.3, -0.25) is 18.9 Å². The van der Waals surface area contributed by atoms with Crippen LogP contribution in [0.3, 0.4) is 0 Å². The van der Waals surface area contributed by atoms with Crippen molar-refractivity contribution in [3.8, 4) is 23.0 Å². The van der Waals surface area contributed by atoms with E-state index in [2.05, 4.69) is 36.8 Å². The lowest BCUT2D eigenvalue weighted by molar-refractivity contribution is -0.122. The highest BCUT2D eigenvalue weighted by molar-refractivity contribution is 7.90. The van der Waals surface area contributed by atoms with Crippen molar-refractivity contribution in [3.63, 3.8) is 0 Å². The molecule has 2 aromatic carbocycles. The van der Waals surface area contributed by atoms with Gasteiger partial charge in [0.15, 0.2) is 5.82 Å². The zero-order chi connectivity index (χ0) is 41.8. The summed E-state index contributed by atoms with van der Waals surface area (Å²) in [5.41, 5.74) is -2.52. The van der Waals surface area contributed by atoms with Crippen molar-refractivity contribution < 1.29 is 44.7 Å². The zero-order valence-corrected chi connectivity index (χ0v) is 32.4. The molecule has 0 saturated carbocycles. The van der Waals surface area contributed by atoms with E-state index in [9.17, 15) is 35.9 Å². The number of nitrogens with zero attached hydrogens (tertiary/aromatic N) is 5. The van der Waals surface area contributed by atoms with Crippen LogP contribution in [0, 0.1) is 23.5 Å². The van der Waals surface area contributed by atoms with E-state index in [1.54, 1.807) is 12.1 Å². The van der Waals surface area contributed by atoms with Crippen molar-refractivity contribution in [1.82, 2.24) is 34.6 Å². The number of aryl methyl sites for hydroxylation is 1. The summed E-state index contributed by atoms with van der Waals surface area (Å²) < 4.78 is 119. The van der Waals surface area contributed by atoms with E-state index in [-0.39, 0.29) is 56.2 Å². The maximum atomic E-state index is 15.2. The number of aliphatic hydroxyl groups is 1. The van der Waals surface area contributed by atoms with Gasteiger partial charge in [-0.15, -0.1) is 0 Å². The van der Waals surface area contributed by atoms with E-state index in [4.69, 9.17) is 16.6 Å². The van der Waals surface area contributed by atoms with Crippen LogP contribution in [0.5, 0.6) is 0 Å². The molecule has 57 heavy (non-hydrogen) atoms. The molecule has 20 heteroatoms. The summed E-state index contributed by atoms with van der Waals surface area (Å²) in [5, 5.41) is 21.3. The summed E-state index contributed by atoms with van der Waals surface area (Å²) in [7, 11) is -1.38. The third-order valence-electron chi connectivity index (χ3n) is 9.10. The standard InChI is InChI=1S/C37H35ClF6N8O4S/c1-18-16-37(43,44)33-28(18)31(34(41)42)48-52(33)17-27(53)47-26(14-19-12-20(39)15-21(40)13-19)30-23(7-6-22(46-30)10-11-36(2,3)54)24-8-9-25(38)29-32(24)51(5)49-35(29)50-57(55,56)45-4/h6-9,12-13,15,18,26,34,45,54H,14,16-17H2,1-5H3,(H,47,53)(H,49,50).